The summed E-state index contributed by atoms with van der Waals surface area (Å²) in [6.45, 7) is 2.87. The van der Waals surface area contributed by atoms with Gasteiger partial charge in [0.05, 0.1) is 18.5 Å². The molecule has 3 heteroatoms. The van der Waals surface area contributed by atoms with Crippen LogP contribution in [0.2, 0.25) is 0 Å². The van der Waals surface area contributed by atoms with Crippen LogP contribution in [0.15, 0.2) is 29.3 Å². The molecular formula is C12H15NO2. The molecule has 80 valence electrons. The predicted molar refractivity (Wildman–Crippen MR) is 61.1 cm³/mol. The molecule has 3 nitrogen and oxygen atoms in total. The van der Waals surface area contributed by atoms with E-state index >= 15 is 0 Å². The molecule has 0 unspecified atom stereocenters. The Morgan fingerprint density at radius 3 is 2.67 bits per heavy atom. The van der Waals surface area contributed by atoms with Gasteiger partial charge >= 0.3 is 0 Å². The van der Waals surface area contributed by atoms with Gasteiger partial charge in [-0.3, -0.25) is 9.79 Å². The van der Waals surface area contributed by atoms with Crippen molar-refractivity contribution in [2.45, 2.75) is 19.8 Å². The second-order valence-corrected chi connectivity index (χ2v) is 3.11. The zero-order chi connectivity index (χ0) is 10.9. The SMILES string of the molecule is CCCCOc1ccc(N=CC=O)cc1. The van der Waals surface area contributed by atoms with Gasteiger partial charge in [-0.2, -0.15) is 0 Å². The fourth-order valence-corrected chi connectivity index (χ4v) is 1.08. The minimum absolute atomic E-state index is 0.658. The van der Waals surface area contributed by atoms with E-state index in [2.05, 4.69) is 11.9 Å². The van der Waals surface area contributed by atoms with E-state index in [0.717, 1.165) is 30.9 Å². The lowest BCUT2D eigenvalue weighted by Crippen LogP contribution is -1.95. The lowest BCUT2D eigenvalue weighted by molar-refractivity contribution is -0.102. The Morgan fingerprint density at radius 2 is 2.07 bits per heavy atom. The fourth-order valence-electron chi connectivity index (χ4n) is 1.08. The number of carbonyl (C=O) groups excluding carboxylic acids is 1. The quantitative estimate of drug-likeness (QED) is 0.407. The molecule has 0 amide bonds. The Kier molecular flexibility index (Phi) is 5.15. The van der Waals surface area contributed by atoms with Crippen molar-refractivity contribution in [1.82, 2.24) is 0 Å². The molecule has 0 aromatic heterocycles. The average Bonchev–Trinajstić information content (AvgIpc) is 2.28. The first-order valence-electron chi connectivity index (χ1n) is 5.07. The van der Waals surface area contributed by atoms with Crippen molar-refractivity contribution >= 4 is 18.2 Å². The van der Waals surface area contributed by atoms with Crippen LogP contribution >= 0.6 is 0 Å². The Bertz CT molecular complexity index is 317. The molecule has 0 bridgehead atoms. The summed E-state index contributed by atoms with van der Waals surface area (Å²) >= 11 is 0. The molecule has 0 saturated heterocycles. The van der Waals surface area contributed by atoms with E-state index in [1.165, 1.54) is 6.21 Å². The number of rotatable bonds is 6. The predicted octanol–water partition coefficient (Wildman–Crippen LogP) is 2.77. The molecule has 1 aromatic rings. The first kappa shape index (κ1) is 11.4. The van der Waals surface area contributed by atoms with Gasteiger partial charge in [-0.1, -0.05) is 13.3 Å². The molecule has 0 spiro atoms. The van der Waals surface area contributed by atoms with Crippen LogP contribution in [0.4, 0.5) is 5.69 Å². The zero-order valence-corrected chi connectivity index (χ0v) is 8.85. The molecular weight excluding hydrogens is 190 g/mol. The largest absolute Gasteiger partial charge is 0.494 e. The summed E-state index contributed by atoms with van der Waals surface area (Å²) in [7, 11) is 0. The third-order valence-corrected chi connectivity index (χ3v) is 1.89. The summed E-state index contributed by atoms with van der Waals surface area (Å²) in [6, 6.07) is 7.35. The van der Waals surface area contributed by atoms with Crippen molar-refractivity contribution < 1.29 is 9.53 Å². The highest BCUT2D eigenvalue weighted by atomic mass is 16.5. The molecule has 1 rings (SSSR count). The van der Waals surface area contributed by atoms with E-state index in [0.29, 0.717) is 6.29 Å². The molecule has 0 aliphatic carbocycles. The number of ether oxygens (including phenoxy) is 1. The van der Waals surface area contributed by atoms with Gasteiger partial charge in [0.2, 0.25) is 0 Å². The molecule has 1 aromatic carbocycles. The molecule has 0 fully saturated rings. The standard InChI is InChI=1S/C12H15NO2/c1-2-3-10-15-12-6-4-11(5-7-12)13-8-9-14/h4-9H,2-3,10H2,1H3. The first-order valence-corrected chi connectivity index (χ1v) is 5.07. The molecule has 0 aliphatic rings. The van der Waals surface area contributed by atoms with E-state index in [9.17, 15) is 4.79 Å². The van der Waals surface area contributed by atoms with Crippen LogP contribution in [0.25, 0.3) is 0 Å². The van der Waals surface area contributed by atoms with E-state index in [1.807, 2.05) is 24.3 Å². The summed E-state index contributed by atoms with van der Waals surface area (Å²) in [5.74, 6) is 0.841. The lowest BCUT2D eigenvalue weighted by Gasteiger charge is -2.04. The summed E-state index contributed by atoms with van der Waals surface area (Å²) in [5.41, 5.74) is 0.755. The highest BCUT2D eigenvalue weighted by Gasteiger charge is 1.93. The van der Waals surface area contributed by atoms with Crippen LogP contribution < -0.4 is 4.74 Å². The van der Waals surface area contributed by atoms with Gasteiger partial charge in [-0.15, -0.1) is 0 Å². The number of hydrogen-bond donors (Lipinski definition) is 0. The van der Waals surface area contributed by atoms with Gasteiger partial charge in [0.15, 0.2) is 6.29 Å². The summed E-state index contributed by atoms with van der Waals surface area (Å²) in [5, 5.41) is 0. The van der Waals surface area contributed by atoms with Gasteiger partial charge in [0.1, 0.15) is 5.75 Å². The van der Waals surface area contributed by atoms with Crippen molar-refractivity contribution in [1.29, 1.82) is 0 Å². The third kappa shape index (κ3) is 4.40. The smallest absolute Gasteiger partial charge is 0.161 e. The van der Waals surface area contributed by atoms with Crippen LogP contribution in [-0.4, -0.2) is 19.1 Å². The topological polar surface area (TPSA) is 38.7 Å². The van der Waals surface area contributed by atoms with Gasteiger partial charge in [0.25, 0.3) is 0 Å². The normalized spacial score (nSPS) is 10.5. The fraction of sp³-hybridized carbons (Fsp3) is 0.333. The maximum Gasteiger partial charge on any atom is 0.161 e. The maximum absolute atomic E-state index is 10.0. The van der Waals surface area contributed by atoms with Crippen LogP contribution in [0, 0.1) is 0 Å². The average molecular weight is 205 g/mol. The van der Waals surface area contributed by atoms with Gasteiger partial charge in [0, 0.05) is 0 Å². The van der Waals surface area contributed by atoms with Crippen molar-refractivity contribution in [3.8, 4) is 5.75 Å². The van der Waals surface area contributed by atoms with Crippen molar-refractivity contribution in [3.05, 3.63) is 24.3 Å². The highest BCUT2D eigenvalue weighted by Crippen LogP contribution is 2.17. The second kappa shape index (κ2) is 6.76. The van der Waals surface area contributed by atoms with Crippen LogP contribution in [0.3, 0.4) is 0 Å². The van der Waals surface area contributed by atoms with E-state index in [4.69, 9.17) is 4.74 Å². The molecule has 0 saturated carbocycles. The second-order valence-electron chi connectivity index (χ2n) is 3.11. The minimum atomic E-state index is 0.658. The van der Waals surface area contributed by atoms with E-state index < -0.39 is 0 Å². The Labute approximate surface area is 89.8 Å². The van der Waals surface area contributed by atoms with Crippen molar-refractivity contribution in [2.24, 2.45) is 4.99 Å². The number of aliphatic imine (C=N–C) groups is 1. The highest BCUT2D eigenvalue weighted by molar-refractivity contribution is 6.13. The molecule has 0 atom stereocenters. The Hall–Kier alpha value is -1.64. The third-order valence-electron chi connectivity index (χ3n) is 1.89. The summed E-state index contributed by atoms with van der Waals surface area (Å²) < 4.78 is 5.48. The van der Waals surface area contributed by atoms with E-state index in [-0.39, 0.29) is 0 Å². The van der Waals surface area contributed by atoms with Crippen LogP contribution in [-0.2, 0) is 4.79 Å². The number of aldehydes is 1. The molecule has 0 N–H and O–H groups in total. The number of unbranched alkanes of at least 4 members (excludes halogenated alkanes) is 1. The molecule has 0 heterocycles. The Balaban J connectivity index is 2.48. The number of nitrogens with zero attached hydrogens (tertiary/aromatic N) is 1. The lowest BCUT2D eigenvalue weighted by atomic mass is 10.3. The van der Waals surface area contributed by atoms with Crippen molar-refractivity contribution in [3.63, 3.8) is 0 Å². The van der Waals surface area contributed by atoms with Gasteiger partial charge < -0.3 is 4.74 Å². The number of benzene rings is 1. The maximum atomic E-state index is 10.0. The van der Waals surface area contributed by atoms with Gasteiger partial charge in [-0.05, 0) is 30.7 Å². The molecule has 0 aliphatic heterocycles. The Morgan fingerprint density at radius 1 is 1.33 bits per heavy atom. The minimum Gasteiger partial charge on any atom is -0.494 e. The summed E-state index contributed by atoms with van der Waals surface area (Å²) in [4.78, 5) is 14.0. The monoisotopic (exact) mass is 205 g/mol. The van der Waals surface area contributed by atoms with Crippen LogP contribution in [0.5, 0.6) is 5.75 Å². The molecule has 0 radical (unpaired) electrons. The van der Waals surface area contributed by atoms with Gasteiger partial charge in [-0.25, -0.2) is 0 Å². The summed E-state index contributed by atoms with van der Waals surface area (Å²) in [6.07, 6.45) is 4.07. The number of carbonyl (C=O) groups is 1. The van der Waals surface area contributed by atoms with Crippen LogP contribution in [0.1, 0.15) is 19.8 Å². The zero-order valence-electron chi connectivity index (χ0n) is 8.85. The number of hydrogen-bond acceptors (Lipinski definition) is 3. The first-order chi connectivity index (χ1) is 7.36. The van der Waals surface area contributed by atoms with Crippen molar-refractivity contribution in [2.75, 3.05) is 6.61 Å². The van der Waals surface area contributed by atoms with E-state index in [1.54, 1.807) is 0 Å². The molecule has 15 heavy (non-hydrogen) atoms.